The number of nitrogens with zero attached hydrogens (tertiary/aromatic N) is 1. The predicted octanol–water partition coefficient (Wildman–Crippen LogP) is 2.68. The van der Waals surface area contributed by atoms with Crippen molar-refractivity contribution in [3.8, 4) is 0 Å². The minimum absolute atomic E-state index is 0.166. The van der Waals surface area contributed by atoms with E-state index in [1.807, 2.05) is 19.1 Å². The molecule has 4 nitrogen and oxygen atoms in total. The third-order valence-corrected chi connectivity index (χ3v) is 4.90. The van der Waals surface area contributed by atoms with Gasteiger partial charge in [0.15, 0.2) is 0 Å². The summed E-state index contributed by atoms with van der Waals surface area (Å²) in [5.41, 5.74) is 1.64. The van der Waals surface area contributed by atoms with E-state index in [0.29, 0.717) is 18.5 Å². The molecule has 0 bridgehead atoms. The second kappa shape index (κ2) is 5.90. The molecule has 0 aromatic heterocycles. The van der Waals surface area contributed by atoms with Crippen molar-refractivity contribution >= 4 is 34.5 Å². The number of rotatable bonds is 2. The molecule has 1 aliphatic rings. The van der Waals surface area contributed by atoms with Crippen molar-refractivity contribution in [3.63, 3.8) is 0 Å². The molecule has 1 saturated heterocycles. The molecule has 1 aromatic rings. The van der Waals surface area contributed by atoms with Crippen LogP contribution in [0.1, 0.15) is 35.2 Å². The van der Waals surface area contributed by atoms with Crippen molar-refractivity contribution in [1.82, 2.24) is 4.90 Å². The van der Waals surface area contributed by atoms with Crippen LogP contribution in [0.3, 0.4) is 0 Å². The smallest absolute Gasteiger partial charge is 0.326 e. The molecule has 19 heavy (non-hydrogen) atoms. The fourth-order valence-corrected chi connectivity index (χ4v) is 2.99. The number of aliphatic carboxylic acids is 1. The molecule has 1 heterocycles. The Kier molecular flexibility index (Phi) is 4.44. The van der Waals surface area contributed by atoms with Gasteiger partial charge in [-0.1, -0.05) is 12.1 Å². The van der Waals surface area contributed by atoms with Gasteiger partial charge in [0.1, 0.15) is 6.04 Å². The fraction of sp³-hybridized carbons (Fsp3) is 0.429. The molecule has 1 fully saturated rings. The van der Waals surface area contributed by atoms with Gasteiger partial charge in [0.05, 0.1) is 5.56 Å². The largest absolute Gasteiger partial charge is 0.480 e. The highest BCUT2D eigenvalue weighted by molar-refractivity contribution is 14.1. The van der Waals surface area contributed by atoms with E-state index in [1.54, 1.807) is 6.07 Å². The number of aryl methyl sites for hydroxylation is 1. The zero-order valence-corrected chi connectivity index (χ0v) is 12.9. The van der Waals surface area contributed by atoms with E-state index >= 15 is 0 Å². The second-order valence-corrected chi connectivity index (χ2v) is 5.86. The van der Waals surface area contributed by atoms with E-state index in [-0.39, 0.29) is 5.91 Å². The molecule has 1 atom stereocenters. The molecule has 1 aromatic carbocycles. The second-order valence-electron chi connectivity index (χ2n) is 4.78. The summed E-state index contributed by atoms with van der Waals surface area (Å²) in [7, 11) is 0. The number of halogens is 1. The van der Waals surface area contributed by atoms with Gasteiger partial charge in [-0.05, 0) is 60.4 Å². The van der Waals surface area contributed by atoms with Gasteiger partial charge < -0.3 is 10.0 Å². The molecular formula is C14H16INO3. The number of amides is 1. The Balaban J connectivity index is 2.31. The summed E-state index contributed by atoms with van der Waals surface area (Å²) in [6.07, 6.45) is 2.28. The van der Waals surface area contributed by atoms with Crippen LogP contribution >= 0.6 is 22.6 Å². The summed E-state index contributed by atoms with van der Waals surface area (Å²) in [6.45, 7) is 2.48. The monoisotopic (exact) mass is 373 g/mol. The van der Waals surface area contributed by atoms with E-state index in [4.69, 9.17) is 0 Å². The van der Waals surface area contributed by atoms with Crippen LogP contribution in [0.25, 0.3) is 0 Å². The van der Waals surface area contributed by atoms with Crippen molar-refractivity contribution < 1.29 is 14.7 Å². The fourth-order valence-electron chi connectivity index (χ4n) is 2.40. The lowest BCUT2D eigenvalue weighted by Gasteiger charge is -2.33. The van der Waals surface area contributed by atoms with Crippen molar-refractivity contribution in [2.75, 3.05) is 6.54 Å². The van der Waals surface area contributed by atoms with Crippen molar-refractivity contribution in [3.05, 3.63) is 32.9 Å². The molecule has 1 N–H and O–H groups in total. The van der Waals surface area contributed by atoms with E-state index in [0.717, 1.165) is 22.0 Å². The van der Waals surface area contributed by atoms with Crippen molar-refractivity contribution in [1.29, 1.82) is 0 Å². The van der Waals surface area contributed by atoms with Gasteiger partial charge in [-0.15, -0.1) is 0 Å². The Morgan fingerprint density at radius 3 is 2.79 bits per heavy atom. The van der Waals surface area contributed by atoms with Crippen molar-refractivity contribution in [2.24, 2.45) is 0 Å². The maximum atomic E-state index is 12.5. The highest BCUT2D eigenvalue weighted by Gasteiger charge is 2.33. The number of carbonyl (C=O) groups is 2. The number of piperidine rings is 1. The van der Waals surface area contributed by atoms with Gasteiger partial charge in [-0.3, -0.25) is 4.79 Å². The van der Waals surface area contributed by atoms with E-state index < -0.39 is 12.0 Å². The first kappa shape index (κ1) is 14.3. The molecule has 0 spiro atoms. The number of benzene rings is 1. The summed E-state index contributed by atoms with van der Waals surface area (Å²) in [5, 5.41) is 9.23. The Morgan fingerprint density at radius 1 is 1.37 bits per heavy atom. The first-order valence-corrected chi connectivity index (χ1v) is 7.39. The molecule has 1 amide bonds. The quantitative estimate of drug-likeness (QED) is 0.812. The van der Waals surface area contributed by atoms with Crippen LogP contribution in [0.4, 0.5) is 0 Å². The van der Waals surface area contributed by atoms with Gasteiger partial charge in [-0.25, -0.2) is 4.79 Å². The number of hydrogen-bond acceptors (Lipinski definition) is 2. The normalized spacial score (nSPS) is 19.3. The van der Waals surface area contributed by atoms with Crippen LogP contribution in [0.5, 0.6) is 0 Å². The highest BCUT2D eigenvalue weighted by atomic mass is 127. The highest BCUT2D eigenvalue weighted by Crippen LogP contribution is 2.23. The SMILES string of the molecule is Cc1cccc(C(=O)N2CCCC[C@@H]2C(=O)O)c1I. The molecule has 0 saturated carbocycles. The number of likely N-dealkylation sites (tertiary alicyclic amines) is 1. The maximum absolute atomic E-state index is 12.5. The summed E-state index contributed by atoms with van der Waals surface area (Å²) in [5.74, 6) is -1.07. The van der Waals surface area contributed by atoms with Crippen LogP contribution in [0, 0.1) is 10.5 Å². The number of hydrogen-bond donors (Lipinski definition) is 1. The molecule has 0 unspecified atom stereocenters. The number of carboxylic acids is 1. The zero-order valence-electron chi connectivity index (χ0n) is 10.7. The molecular weight excluding hydrogens is 357 g/mol. The van der Waals surface area contributed by atoms with Crippen LogP contribution in [-0.2, 0) is 4.79 Å². The number of carboxylic acid groups (broad SMARTS) is 1. The molecule has 5 heteroatoms. The van der Waals surface area contributed by atoms with Gasteiger partial charge in [0.25, 0.3) is 5.91 Å². The zero-order chi connectivity index (χ0) is 14.0. The minimum atomic E-state index is -0.907. The average molecular weight is 373 g/mol. The maximum Gasteiger partial charge on any atom is 0.326 e. The Labute approximate surface area is 125 Å². The van der Waals surface area contributed by atoms with Gasteiger partial charge in [-0.2, -0.15) is 0 Å². The van der Waals surface area contributed by atoms with Gasteiger partial charge in [0.2, 0.25) is 0 Å². The lowest BCUT2D eigenvalue weighted by atomic mass is 10.0. The summed E-state index contributed by atoms with van der Waals surface area (Å²) >= 11 is 2.15. The van der Waals surface area contributed by atoms with E-state index in [9.17, 15) is 14.7 Å². The summed E-state index contributed by atoms with van der Waals surface area (Å²) in [4.78, 5) is 25.3. The van der Waals surface area contributed by atoms with Gasteiger partial charge >= 0.3 is 5.97 Å². The molecule has 0 aliphatic carbocycles. The van der Waals surface area contributed by atoms with Crippen LogP contribution in [0.2, 0.25) is 0 Å². The molecule has 1 aliphatic heterocycles. The lowest BCUT2D eigenvalue weighted by Crippen LogP contribution is -2.48. The Hall–Kier alpha value is -1.11. The minimum Gasteiger partial charge on any atom is -0.480 e. The lowest BCUT2D eigenvalue weighted by molar-refractivity contribution is -0.143. The standard InChI is InChI=1S/C14H16INO3/c1-9-5-4-6-10(12(9)15)13(17)16-8-3-2-7-11(16)14(18)19/h4-6,11H,2-3,7-8H2,1H3,(H,18,19)/t11-/m1/s1. The van der Waals surface area contributed by atoms with Crippen LogP contribution < -0.4 is 0 Å². The average Bonchev–Trinajstić information content (AvgIpc) is 2.41. The Morgan fingerprint density at radius 2 is 2.11 bits per heavy atom. The molecule has 0 radical (unpaired) electrons. The molecule has 2 rings (SSSR count). The topological polar surface area (TPSA) is 57.6 Å². The predicted molar refractivity (Wildman–Crippen MR) is 80.2 cm³/mol. The summed E-state index contributed by atoms with van der Waals surface area (Å²) in [6, 6.07) is 4.87. The van der Waals surface area contributed by atoms with Gasteiger partial charge in [0, 0.05) is 10.1 Å². The first-order valence-electron chi connectivity index (χ1n) is 6.31. The third-order valence-electron chi connectivity index (χ3n) is 3.47. The van der Waals surface area contributed by atoms with E-state index in [2.05, 4.69) is 22.6 Å². The van der Waals surface area contributed by atoms with Crippen LogP contribution in [0.15, 0.2) is 18.2 Å². The van der Waals surface area contributed by atoms with E-state index in [1.165, 1.54) is 4.90 Å². The first-order chi connectivity index (χ1) is 9.02. The van der Waals surface area contributed by atoms with Crippen LogP contribution in [-0.4, -0.2) is 34.5 Å². The third kappa shape index (κ3) is 2.91. The Bertz CT molecular complexity index is 515. The van der Waals surface area contributed by atoms with Crippen molar-refractivity contribution in [2.45, 2.75) is 32.2 Å². The number of carbonyl (C=O) groups excluding carboxylic acids is 1. The molecule has 102 valence electrons. The summed E-state index contributed by atoms with van der Waals surface area (Å²) < 4.78 is 0.903.